The Morgan fingerprint density at radius 1 is 1.24 bits per heavy atom. The van der Waals surface area contributed by atoms with Gasteiger partial charge in [-0.2, -0.15) is 0 Å². The number of anilines is 1. The minimum atomic E-state index is -0.712. The van der Waals surface area contributed by atoms with Crippen molar-refractivity contribution in [3.8, 4) is 0 Å². The Bertz CT molecular complexity index is 619. The van der Waals surface area contributed by atoms with Crippen molar-refractivity contribution in [1.29, 1.82) is 0 Å². The van der Waals surface area contributed by atoms with Gasteiger partial charge < -0.3 is 10.4 Å². The highest BCUT2D eigenvalue weighted by Gasteiger charge is 2.15. The van der Waals surface area contributed by atoms with Crippen molar-refractivity contribution in [1.82, 2.24) is 0 Å². The molecule has 0 spiro atoms. The summed E-state index contributed by atoms with van der Waals surface area (Å²) in [5.74, 6) is -0.420. The summed E-state index contributed by atoms with van der Waals surface area (Å²) in [7, 11) is 0. The van der Waals surface area contributed by atoms with Gasteiger partial charge in [0.2, 0.25) is 5.91 Å². The smallest absolute Gasteiger partial charge is 0.239 e. The molecule has 0 aliphatic carbocycles. The fourth-order valence-electron chi connectivity index (χ4n) is 2.05. The number of aliphatic hydroxyl groups excluding tert-OH is 1. The first-order valence-corrected chi connectivity index (χ1v) is 7.80. The molecule has 0 saturated heterocycles. The van der Waals surface area contributed by atoms with Gasteiger partial charge in [0.15, 0.2) is 0 Å². The number of hydrogen-bond acceptors (Lipinski definition) is 2. The Hall–Kier alpha value is -1.36. The van der Waals surface area contributed by atoms with Crippen LogP contribution in [0.2, 0.25) is 0 Å². The molecule has 0 saturated carbocycles. The van der Waals surface area contributed by atoms with Gasteiger partial charge in [-0.15, -0.1) is 11.6 Å². The number of alkyl halides is 1. The second-order valence-electron chi connectivity index (χ2n) is 4.62. The third-order valence-corrected chi connectivity index (χ3v) is 3.78. The number of carbonyl (C=O) groups is 1. The van der Waals surface area contributed by atoms with Gasteiger partial charge in [0.05, 0.1) is 6.10 Å². The number of rotatable bonds is 5. The molecule has 21 heavy (non-hydrogen) atoms. The molecule has 3 nitrogen and oxygen atoms in total. The van der Waals surface area contributed by atoms with Crippen molar-refractivity contribution in [2.75, 3.05) is 11.2 Å². The van der Waals surface area contributed by atoms with E-state index in [1.54, 1.807) is 12.1 Å². The van der Waals surface area contributed by atoms with Gasteiger partial charge in [-0.05, 0) is 23.8 Å². The third kappa shape index (κ3) is 4.56. The monoisotopic (exact) mass is 367 g/mol. The number of aliphatic hydroxyl groups is 1. The largest absolute Gasteiger partial charge is 0.388 e. The summed E-state index contributed by atoms with van der Waals surface area (Å²) >= 11 is 8.89. The highest BCUT2D eigenvalue weighted by molar-refractivity contribution is 9.10. The number of halogens is 2. The summed E-state index contributed by atoms with van der Waals surface area (Å²) < 4.78 is 0.841. The van der Waals surface area contributed by atoms with Crippen LogP contribution in [0, 0.1) is 0 Å². The molecule has 0 aliphatic rings. The molecule has 2 aromatic rings. The van der Waals surface area contributed by atoms with Crippen molar-refractivity contribution < 1.29 is 9.90 Å². The van der Waals surface area contributed by atoms with E-state index in [1.807, 2.05) is 36.4 Å². The zero-order valence-corrected chi connectivity index (χ0v) is 13.6. The van der Waals surface area contributed by atoms with Crippen LogP contribution in [0.5, 0.6) is 0 Å². The lowest BCUT2D eigenvalue weighted by Gasteiger charge is -2.16. The first kappa shape index (κ1) is 16.0. The summed E-state index contributed by atoms with van der Waals surface area (Å²) in [6.45, 7) is 0. The molecule has 0 fully saturated rings. The second kappa shape index (κ2) is 7.59. The minimum absolute atomic E-state index is 0.121. The Morgan fingerprint density at radius 2 is 1.95 bits per heavy atom. The van der Waals surface area contributed by atoms with Crippen molar-refractivity contribution >= 4 is 39.1 Å². The number of carbonyl (C=O) groups excluding carboxylic acids is 1. The summed E-state index contributed by atoms with van der Waals surface area (Å²) in [5, 5.41) is 13.2. The molecule has 1 atom stereocenters. The highest BCUT2D eigenvalue weighted by atomic mass is 79.9. The van der Waals surface area contributed by atoms with Crippen LogP contribution in [0.1, 0.15) is 17.2 Å². The Balaban J connectivity index is 2.24. The summed E-state index contributed by atoms with van der Waals surface area (Å²) in [6, 6.07) is 15.1. The van der Waals surface area contributed by atoms with Crippen LogP contribution in [0.15, 0.2) is 53.0 Å². The summed E-state index contributed by atoms with van der Waals surface area (Å²) in [6.07, 6.45) is -0.239. The van der Waals surface area contributed by atoms with E-state index in [0.717, 1.165) is 10.0 Å². The topological polar surface area (TPSA) is 49.3 Å². The van der Waals surface area contributed by atoms with Crippen LogP contribution < -0.4 is 5.32 Å². The van der Waals surface area contributed by atoms with Gasteiger partial charge in [-0.1, -0.05) is 46.3 Å². The number of amides is 1. The third-order valence-electron chi connectivity index (χ3n) is 3.04. The Morgan fingerprint density at radius 3 is 2.62 bits per heavy atom. The van der Waals surface area contributed by atoms with Crippen molar-refractivity contribution in [2.45, 2.75) is 12.5 Å². The lowest BCUT2D eigenvalue weighted by molar-refractivity contribution is -0.113. The van der Waals surface area contributed by atoms with Crippen LogP contribution in [-0.4, -0.2) is 16.9 Å². The van der Waals surface area contributed by atoms with Crippen LogP contribution in [-0.2, 0) is 11.2 Å². The Kier molecular flexibility index (Phi) is 5.79. The van der Waals surface area contributed by atoms with Gasteiger partial charge in [0, 0.05) is 22.1 Å². The lowest BCUT2D eigenvalue weighted by atomic mass is 10.00. The fraction of sp³-hybridized carbons (Fsp3) is 0.188. The number of benzene rings is 2. The number of nitrogens with one attached hydrogen (secondary N) is 1. The van der Waals surface area contributed by atoms with Crippen molar-refractivity contribution in [3.63, 3.8) is 0 Å². The predicted octanol–water partition coefficient (Wildman–Crippen LogP) is 3.90. The van der Waals surface area contributed by atoms with Gasteiger partial charge in [0.1, 0.15) is 5.88 Å². The molecule has 0 aromatic heterocycles. The number of hydrogen-bond donors (Lipinski definition) is 2. The SMILES string of the molecule is O=C(CCl)Nc1ccc(Br)cc1C(O)Cc1ccccc1. The van der Waals surface area contributed by atoms with Gasteiger partial charge >= 0.3 is 0 Å². The maximum atomic E-state index is 11.5. The molecular weight excluding hydrogens is 354 g/mol. The highest BCUT2D eigenvalue weighted by Crippen LogP contribution is 2.29. The molecule has 5 heteroatoms. The maximum Gasteiger partial charge on any atom is 0.239 e. The van der Waals surface area contributed by atoms with Crippen molar-refractivity contribution in [2.24, 2.45) is 0 Å². The van der Waals surface area contributed by atoms with Gasteiger partial charge in [-0.3, -0.25) is 4.79 Å². The quantitative estimate of drug-likeness (QED) is 0.786. The van der Waals surface area contributed by atoms with E-state index < -0.39 is 6.10 Å². The van der Waals surface area contributed by atoms with E-state index in [4.69, 9.17) is 11.6 Å². The molecular formula is C16H15BrClNO2. The van der Waals surface area contributed by atoms with Crippen LogP contribution in [0.4, 0.5) is 5.69 Å². The summed E-state index contributed by atoms with van der Waals surface area (Å²) in [4.78, 5) is 11.5. The normalized spacial score (nSPS) is 12.0. The molecule has 2 aromatic carbocycles. The minimum Gasteiger partial charge on any atom is -0.388 e. The van der Waals surface area contributed by atoms with E-state index in [2.05, 4.69) is 21.2 Å². The average molecular weight is 369 g/mol. The fourth-order valence-corrected chi connectivity index (χ4v) is 2.50. The second-order valence-corrected chi connectivity index (χ2v) is 5.80. The van der Waals surface area contributed by atoms with E-state index >= 15 is 0 Å². The predicted molar refractivity (Wildman–Crippen MR) is 88.6 cm³/mol. The zero-order valence-electron chi connectivity index (χ0n) is 11.2. The lowest BCUT2D eigenvalue weighted by Crippen LogP contribution is -2.15. The van der Waals surface area contributed by atoms with Gasteiger partial charge in [0.25, 0.3) is 0 Å². The molecule has 2 N–H and O–H groups in total. The molecule has 1 amide bonds. The van der Waals surface area contributed by atoms with E-state index in [-0.39, 0.29) is 11.8 Å². The van der Waals surface area contributed by atoms with E-state index in [1.165, 1.54) is 0 Å². The van der Waals surface area contributed by atoms with E-state index in [0.29, 0.717) is 17.7 Å². The average Bonchev–Trinajstić information content (AvgIpc) is 2.49. The zero-order chi connectivity index (χ0) is 15.2. The Labute approximate surface area is 137 Å². The van der Waals surface area contributed by atoms with Gasteiger partial charge in [-0.25, -0.2) is 0 Å². The maximum absolute atomic E-state index is 11.5. The molecule has 1 unspecified atom stereocenters. The van der Waals surface area contributed by atoms with Crippen LogP contribution in [0.3, 0.4) is 0 Å². The molecule has 2 rings (SSSR count). The molecule has 0 aliphatic heterocycles. The summed E-state index contributed by atoms with van der Waals surface area (Å²) in [5.41, 5.74) is 2.26. The first-order valence-electron chi connectivity index (χ1n) is 6.47. The first-order chi connectivity index (χ1) is 10.1. The molecule has 0 heterocycles. The molecule has 0 bridgehead atoms. The molecule has 0 radical (unpaired) electrons. The standard InChI is InChI=1S/C16H15BrClNO2/c17-12-6-7-14(19-16(21)10-18)13(9-12)15(20)8-11-4-2-1-3-5-11/h1-7,9,15,20H,8,10H2,(H,19,21). The van der Waals surface area contributed by atoms with Crippen LogP contribution in [0.25, 0.3) is 0 Å². The van der Waals surface area contributed by atoms with Crippen LogP contribution >= 0.6 is 27.5 Å². The van der Waals surface area contributed by atoms with E-state index in [9.17, 15) is 9.90 Å². The van der Waals surface area contributed by atoms with Crippen molar-refractivity contribution in [3.05, 3.63) is 64.1 Å². The molecule has 110 valence electrons.